The molecule has 0 unspecified atom stereocenters. The molecule has 144 valence electrons. The second kappa shape index (κ2) is 9.99. The molecule has 1 aromatic carbocycles. The van der Waals surface area contributed by atoms with Crippen LogP contribution in [0.4, 0.5) is 0 Å². The molecule has 0 bridgehead atoms. The van der Waals surface area contributed by atoms with Crippen molar-refractivity contribution in [2.45, 2.75) is 77.0 Å². The highest BCUT2D eigenvalue weighted by atomic mass is 16.5. The summed E-state index contributed by atoms with van der Waals surface area (Å²) in [5.74, 6) is 3.31. The Kier molecular flexibility index (Phi) is 7.40. The van der Waals surface area contributed by atoms with Gasteiger partial charge in [0.2, 0.25) is 5.91 Å². The standard InChI is InChI=1S/C23H35NO2/c1-2-8-23(25)24-17-20-16-22(20)19-12-6-13-21(15-19)26-14-7-11-18-9-4-3-5-10-18/h6,12-13,15,18,20,22H,2-5,7-11,14,16-17H2,1H3,(H,24,25)/t20-,22-/m0/s1. The number of ether oxygens (including phenoxy) is 1. The van der Waals surface area contributed by atoms with Crippen molar-refractivity contribution in [2.24, 2.45) is 11.8 Å². The molecular weight excluding hydrogens is 322 g/mol. The first kappa shape index (κ1) is 19.3. The number of hydrogen-bond acceptors (Lipinski definition) is 2. The van der Waals surface area contributed by atoms with Gasteiger partial charge in [-0.15, -0.1) is 0 Å². The number of amides is 1. The van der Waals surface area contributed by atoms with E-state index in [2.05, 4.69) is 29.6 Å². The molecule has 0 saturated heterocycles. The lowest BCUT2D eigenvalue weighted by Crippen LogP contribution is -2.25. The molecule has 2 aliphatic carbocycles. The average Bonchev–Trinajstić information content (AvgIpc) is 3.45. The molecule has 2 fully saturated rings. The molecule has 3 rings (SSSR count). The van der Waals surface area contributed by atoms with Gasteiger partial charge < -0.3 is 10.1 Å². The van der Waals surface area contributed by atoms with E-state index in [0.717, 1.165) is 31.2 Å². The van der Waals surface area contributed by atoms with Crippen LogP contribution in [-0.2, 0) is 4.79 Å². The molecule has 1 amide bonds. The summed E-state index contributed by atoms with van der Waals surface area (Å²) >= 11 is 0. The van der Waals surface area contributed by atoms with Crippen LogP contribution in [0.25, 0.3) is 0 Å². The molecule has 2 aliphatic rings. The van der Waals surface area contributed by atoms with Crippen molar-refractivity contribution in [3.05, 3.63) is 29.8 Å². The summed E-state index contributed by atoms with van der Waals surface area (Å²) in [5, 5.41) is 3.06. The van der Waals surface area contributed by atoms with Crippen LogP contribution in [0.15, 0.2) is 24.3 Å². The summed E-state index contributed by atoms with van der Waals surface area (Å²) in [5.41, 5.74) is 1.37. The monoisotopic (exact) mass is 357 g/mol. The summed E-state index contributed by atoms with van der Waals surface area (Å²) in [6, 6.07) is 8.59. The minimum Gasteiger partial charge on any atom is -0.494 e. The second-order valence-corrected chi connectivity index (χ2v) is 8.22. The van der Waals surface area contributed by atoms with Gasteiger partial charge in [0.25, 0.3) is 0 Å². The van der Waals surface area contributed by atoms with E-state index in [0.29, 0.717) is 18.3 Å². The molecule has 0 spiro atoms. The van der Waals surface area contributed by atoms with Crippen LogP contribution in [0.5, 0.6) is 5.75 Å². The Morgan fingerprint density at radius 3 is 2.88 bits per heavy atom. The Labute approximate surface area is 158 Å². The molecule has 2 atom stereocenters. The van der Waals surface area contributed by atoms with Crippen LogP contribution >= 0.6 is 0 Å². The van der Waals surface area contributed by atoms with Gasteiger partial charge in [0.05, 0.1) is 6.61 Å². The minimum absolute atomic E-state index is 0.188. The number of rotatable bonds is 10. The summed E-state index contributed by atoms with van der Waals surface area (Å²) in [7, 11) is 0. The van der Waals surface area contributed by atoms with Gasteiger partial charge in [-0.3, -0.25) is 4.79 Å². The third-order valence-electron chi connectivity index (χ3n) is 6.00. The largest absolute Gasteiger partial charge is 0.494 e. The van der Waals surface area contributed by atoms with E-state index in [1.807, 2.05) is 6.92 Å². The maximum atomic E-state index is 11.6. The molecule has 3 nitrogen and oxygen atoms in total. The molecule has 2 saturated carbocycles. The van der Waals surface area contributed by atoms with Gasteiger partial charge in [-0.1, -0.05) is 51.2 Å². The van der Waals surface area contributed by atoms with E-state index >= 15 is 0 Å². The Balaban J connectivity index is 1.36. The molecule has 0 radical (unpaired) electrons. The van der Waals surface area contributed by atoms with E-state index in [1.165, 1.54) is 56.9 Å². The highest BCUT2D eigenvalue weighted by Gasteiger charge is 2.38. The molecule has 0 aliphatic heterocycles. The summed E-state index contributed by atoms with van der Waals surface area (Å²) in [6.45, 7) is 3.69. The minimum atomic E-state index is 0.188. The Morgan fingerprint density at radius 1 is 1.23 bits per heavy atom. The second-order valence-electron chi connectivity index (χ2n) is 8.22. The van der Waals surface area contributed by atoms with Crippen LogP contribution in [0, 0.1) is 11.8 Å². The van der Waals surface area contributed by atoms with Crippen LogP contribution < -0.4 is 10.1 Å². The van der Waals surface area contributed by atoms with Gasteiger partial charge in [0.15, 0.2) is 0 Å². The fraction of sp³-hybridized carbons (Fsp3) is 0.696. The Hall–Kier alpha value is -1.51. The zero-order valence-corrected chi connectivity index (χ0v) is 16.3. The van der Waals surface area contributed by atoms with Crippen LogP contribution in [0.3, 0.4) is 0 Å². The van der Waals surface area contributed by atoms with Crippen molar-refractivity contribution < 1.29 is 9.53 Å². The maximum Gasteiger partial charge on any atom is 0.219 e. The van der Waals surface area contributed by atoms with Crippen LogP contribution in [-0.4, -0.2) is 19.1 Å². The van der Waals surface area contributed by atoms with Crippen molar-refractivity contribution in [2.75, 3.05) is 13.2 Å². The molecule has 1 aromatic rings. The van der Waals surface area contributed by atoms with Gasteiger partial charge in [-0.2, -0.15) is 0 Å². The SMILES string of the molecule is CCCC(=O)NC[C@@H]1C[C@H]1c1cccc(OCCCC2CCCCC2)c1. The fourth-order valence-electron chi connectivity index (χ4n) is 4.31. The number of nitrogens with one attached hydrogen (secondary N) is 1. The lowest BCUT2D eigenvalue weighted by molar-refractivity contribution is -0.121. The van der Waals surface area contributed by atoms with Gasteiger partial charge in [0, 0.05) is 13.0 Å². The molecule has 0 aromatic heterocycles. The summed E-state index contributed by atoms with van der Waals surface area (Å²) in [4.78, 5) is 11.6. The van der Waals surface area contributed by atoms with E-state index < -0.39 is 0 Å². The number of hydrogen-bond donors (Lipinski definition) is 1. The molecular formula is C23H35NO2. The van der Waals surface area contributed by atoms with Crippen molar-refractivity contribution in [1.29, 1.82) is 0 Å². The van der Waals surface area contributed by atoms with Gasteiger partial charge in [-0.25, -0.2) is 0 Å². The quantitative estimate of drug-likeness (QED) is 0.566. The maximum absolute atomic E-state index is 11.6. The predicted molar refractivity (Wildman–Crippen MR) is 107 cm³/mol. The molecule has 1 N–H and O–H groups in total. The third kappa shape index (κ3) is 6.03. The van der Waals surface area contributed by atoms with E-state index in [-0.39, 0.29) is 5.91 Å². The van der Waals surface area contributed by atoms with E-state index in [4.69, 9.17) is 4.74 Å². The Morgan fingerprint density at radius 2 is 2.08 bits per heavy atom. The number of benzene rings is 1. The topological polar surface area (TPSA) is 38.3 Å². The zero-order chi connectivity index (χ0) is 18.2. The van der Waals surface area contributed by atoms with Crippen molar-refractivity contribution in [3.8, 4) is 5.75 Å². The van der Waals surface area contributed by atoms with Crippen molar-refractivity contribution >= 4 is 5.91 Å². The third-order valence-corrected chi connectivity index (χ3v) is 6.00. The zero-order valence-electron chi connectivity index (χ0n) is 16.3. The lowest BCUT2D eigenvalue weighted by Gasteiger charge is -2.21. The van der Waals surface area contributed by atoms with Crippen molar-refractivity contribution in [3.63, 3.8) is 0 Å². The molecule has 3 heteroatoms. The first-order chi connectivity index (χ1) is 12.8. The number of carbonyl (C=O) groups excluding carboxylic acids is 1. The summed E-state index contributed by atoms with van der Waals surface area (Å²) < 4.78 is 6.01. The van der Waals surface area contributed by atoms with Crippen LogP contribution in [0.1, 0.15) is 82.6 Å². The molecule has 26 heavy (non-hydrogen) atoms. The lowest BCUT2D eigenvalue weighted by atomic mass is 9.86. The average molecular weight is 358 g/mol. The fourth-order valence-corrected chi connectivity index (χ4v) is 4.31. The normalized spacial score (nSPS) is 22.8. The van der Waals surface area contributed by atoms with Crippen LogP contribution in [0.2, 0.25) is 0 Å². The van der Waals surface area contributed by atoms with Gasteiger partial charge in [0.1, 0.15) is 5.75 Å². The van der Waals surface area contributed by atoms with E-state index in [9.17, 15) is 4.79 Å². The first-order valence-electron chi connectivity index (χ1n) is 10.8. The highest BCUT2D eigenvalue weighted by molar-refractivity contribution is 5.75. The van der Waals surface area contributed by atoms with Gasteiger partial charge >= 0.3 is 0 Å². The highest BCUT2D eigenvalue weighted by Crippen LogP contribution is 2.47. The Bertz CT molecular complexity index is 565. The first-order valence-corrected chi connectivity index (χ1v) is 10.8. The molecule has 0 heterocycles. The van der Waals surface area contributed by atoms with E-state index in [1.54, 1.807) is 0 Å². The number of carbonyl (C=O) groups is 1. The van der Waals surface area contributed by atoms with Crippen molar-refractivity contribution in [1.82, 2.24) is 5.32 Å². The predicted octanol–water partition coefficient (Wildman–Crippen LogP) is 5.45. The smallest absolute Gasteiger partial charge is 0.219 e. The van der Waals surface area contributed by atoms with Gasteiger partial charge in [-0.05, 0) is 61.1 Å². The summed E-state index contributed by atoms with van der Waals surface area (Å²) in [6.07, 6.45) is 12.4.